The molecule has 1 heterocycles. The van der Waals surface area contributed by atoms with Crippen molar-refractivity contribution in [2.24, 2.45) is 0 Å². The molecule has 6 heteroatoms. The summed E-state index contributed by atoms with van der Waals surface area (Å²) in [5.74, 6) is 0.368. The second kappa shape index (κ2) is 6.07. The van der Waals surface area contributed by atoms with Crippen molar-refractivity contribution >= 4 is 11.7 Å². The highest BCUT2D eigenvalue weighted by Gasteiger charge is 2.61. The zero-order valence-electron chi connectivity index (χ0n) is 15.5. The van der Waals surface area contributed by atoms with Crippen molar-refractivity contribution in [3.05, 3.63) is 59.2 Å². The van der Waals surface area contributed by atoms with Crippen molar-refractivity contribution in [1.29, 1.82) is 0 Å². The number of aliphatic hydroxyl groups is 1. The van der Waals surface area contributed by atoms with Crippen LogP contribution in [0.1, 0.15) is 40.2 Å². The van der Waals surface area contributed by atoms with Crippen molar-refractivity contribution in [3.63, 3.8) is 0 Å². The summed E-state index contributed by atoms with van der Waals surface area (Å²) in [7, 11) is 1.56. The van der Waals surface area contributed by atoms with Gasteiger partial charge in [0.05, 0.1) is 24.7 Å². The van der Waals surface area contributed by atoms with Crippen LogP contribution in [0.4, 0.5) is 0 Å². The molecule has 144 valence electrons. The van der Waals surface area contributed by atoms with E-state index in [-0.39, 0.29) is 18.1 Å². The molecule has 2 aliphatic carbocycles. The zero-order chi connectivity index (χ0) is 19.5. The zero-order valence-corrected chi connectivity index (χ0v) is 15.5. The van der Waals surface area contributed by atoms with Crippen LogP contribution in [0.2, 0.25) is 0 Å². The van der Waals surface area contributed by atoms with Gasteiger partial charge in [0.25, 0.3) is 5.91 Å². The Hall–Kier alpha value is -2.86. The van der Waals surface area contributed by atoms with Gasteiger partial charge in [-0.05, 0) is 36.6 Å². The second-order valence-corrected chi connectivity index (χ2v) is 7.74. The van der Waals surface area contributed by atoms with Crippen molar-refractivity contribution < 1.29 is 24.2 Å². The monoisotopic (exact) mass is 379 g/mol. The van der Waals surface area contributed by atoms with Gasteiger partial charge in [0.2, 0.25) is 0 Å². The van der Waals surface area contributed by atoms with Gasteiger partial charge in [0, 0.05) is 17.5 Å². The van der Waals surface area contributed by atoms with E-state index in [1.165, 1.54) is 0 Å². The summed E-state index contributed by atoms with van der Waals surface area (Å²) in [6.45, 7) is 0. The van der Waals surface area contributed by atoms with Crippen LogP contribution in [0.15, 0.2) is 42.5 Å². The number of ether oxygens (including phenoxy) is 2. The Bertz CT molecular complexity index is 972. The Labute approximate surface area is 162 Å². The number of ketones is 1. The van der Waals surface area contributed by atoms with Gasteiger partial charge in [-0.2, -0.15) is 0 Å². The smallest absolute Gasteiger partial charge is 0.251 e. The van der Waals surface area contributed by atoms with Gasteiger partial charge in [0.15, 0.2) is 23.4 Å². The number of benzene rings is 2. The molecule has 2 N–H and O–H groups in total. The van der Waals surface area contributed by atoms with Gasteiger partial charge in [-0.15, -0.1) is 0 Å². The molecule has 3 aliphatic rings. The van der Waals surface area contributed by atoms with Gasteiger partial charge in [-0.25, -0.2) is 0 Å². The number of methoxy groups -OCH3 is 1. The van der Waals surface area contributed by atoms with Crippen LogP contribution < -0.4 is 14.8 Å². The molecule has 0 saturated heterocycles. The standard InChI is InChI=1S/C22H21NO5/c1-27-15-8-7-13-11-16(23-21(25)12-5-3-2-4-6-12)22(26)10-9-14(24)19-18(22)17(13)20(15)28-19/h2-8,16,18-19,26H,9-11H2,1H3,(H,23,25). The van der Waals surface area contributed by atoms with Crippen molar-refractivity contribution in [3.8, 4) is 11.5 Å². The number of Topliss-reactive ketones (excluding diaryl/α,β-unsaturated/α-hetero) is 1. The average molecular weight is 379 g/mol. The molecule has 2 aromatic rings. The number of hydrogen-bond donors (Lipinski definition) is 2. The molecule has 4 atom stereocenters. The molecular weight excluding hydrogens is 358 g/mol. The van der Waals surface area contributed by atoms with E-state index in [4.69, 9.17) is 9.47 Å². The number of carbonyl (C=O) groups excluding carboxylic acids is 2. The topological polar surface area (TPSA) is 84.9 Å². The highest BCUT2D eigenvalue weighted by molar-refractivity contribution is 5.94. The van der Waals surface area contributed by atoms with E-state index < -0.39 is 23.7 Å². The van der Waals surface area contributed by atoms with Gasteiger partial charge in [-0.1, -0.05) is 24.3 Å². The molecule has 0 radical (unpaired) electrons. The minimum atomic E-state index is -1.24. The summed E-state index contributed by atoms with van der Waals surface area (Å²) < 4.78 is 11.4. The normalized spacial score (nSPS) is 29.6. The van der Waals surface area contributed by atoms with E-state index >= 15 is 0 Å². The Kier molecular flexibility index (Phi) is 3.74. The summed E-state index contributed by atoms with van der Waals surface area (Å²) >= 11 is 0. The summed E-state index contributed by atoms with van der Waals surface area (Å²) in [6, 6.07) is 12.2. The van der Waals surface area contributed by atoms with E-state index in [0.717, 1.165) is 11.1 Å². The van der Waals surface area contributed by atoms with Crippen LogP contribution in [-0.4, -0.2) is 41.7 Å². The molecular formula is C22H21NO5. The van der Waals surface area contributed by atoms with Gasteiger partial charge < -0.3 is 19.9 Å². The summed E-state index contributed by atoms with van der Waals surface area (Å²) in [5, 5.41) is 14.7. The first-order valence-corrected chi connectivity index (χ1v) is 9.50. The van der Waals surface area contributed by atoms with Gasteiger partial charge in [0.1, 0.15) is 0 Å². The maximum absolute atomic E-state index is 12.8. The van der Waals surface area contributed by atoms with Gasteiger partial charge >= 0.3 is 0 Å². The van der Waals surface area contributed by atoms with E-state index in [1.807, 2.05) is 18.2 Å². The van der Waals surface area contributed by atoms with E-state index in [9.17, 15) is 14.7 Å². The van der Waals surface area contributed by atoms with E-state index in [2.05, 4.69) is 5.32 Å². The summed E-state index contributed by atoms with van der Waals surface area (Å²) in [6.07, 6.45) is 0.260. The van der Waals surface area contributed by atoms with Crippen molar-refractivity contribution in [2.45, 2.75) is 42.9 Å². The van der Waals surface area contributed by atoms with Crippen LogP contribution in [0, 0.1) is 0 Å². The van der Waals surface area contributed by atoms with Crippen molar-refractivity contribution in [2.75, 3.05) is 7.11 Å². The molecule has 28 heavy (non-hydrogen) atoms. The maximum Gasteiger partial charge on any atom is 0.251 e. The van der Waals surface area contributed by atoms with Crippen LogP contribution in [0.25, 0.3) is 0 Å². The lowest BCUT2D eigenvalue weighted by Crippen LogP contribution is -2.63. The third-order valence-corrected chi connectivity index (χ3v) is 6.33. The number of hydrogen-bond acceptors (Lipinski definition) is 5. The molecule has 6 nitrogen and oxygen atoms in total. The number of rotatable bonds is 3. The SMILES string of the molecule is COc1ccc2c3c1OC1C(=O)CCC(O)(C(NC(=O)c4ccccc4)C2)C31. The Balaban J connectivity index is 1.57. The second-order valence-electron chi connectivity index (χ2n) is 7.74. The highest BCUT2D eigenvalue weighted by atomic mass is 16.5. The number of amides is 1. The lowest BCUT2D eigenvalue weighted by Gasteiger charge is -2.48. The fourth-order valence-corrected chi connectivity index (χ4v) is 4.95. The highest BCUT2D eigenvalue weighted by Crippen LogP contribution is 2.57. The molecule has 5 rings (SSSR count). The Morgan fingerprint density at radius 2 is 2.04 bits per heavy atom. The van der Waals surface area contributed by atoms with Crippen LogP contribution in [0.5, 0.6) is 11.5 Å². The lowest BCUT2D eigenvalue weighted by atomic mass is 9.62. The minimum Gasteiger partial charge on any atom is -0.493 e. The third kappa shape index (κ3) is 2.31. The molecule has 2 aromatic carbocycles. The van der Waals surface area contributed by atoms with Crippen LogP contribution >= 0.6 is 0 Å². The van der Waals surface area contributed by atoms with E-state index in [0.29, 0.717) is 29.9 Å². The molecule has 1 fully saturated rings. The van der Waals surface area contributed by atoms with Crippen molar-refractivity contribution in [1.82, 2.24) is 5.32 Å². The predicted molar refractivity (Wildman–Crippen MR) is 101 cm³/mol. The largest absolute Gasteiger partial charge is 0.493 e. The first-order chi connectivity index (χ1) is 13.5. The molecule has 0 aromatic heterocycles. The van der Waals surface area contributed by atoms with Crippen LogP contribution in [0.3, 0.4) is 0 Å². The first-order valence-electron chi connectivity index (χ1n) is 9.50. The Morgan fingerprint density at radius 1 is 1.25 bits per heavy atom. The predicted octanol–water partition coefficient (Wildman–Crippen LogP) is 1.99. The molecule has 1 aliphatic heterocycles. The molecule has 0 spiro atoms. The van der Waals surface area contributed by atoms with Gasteiger partial charge in [-0.3, -0.25) is 9.59 Å². The lowest BCUT2D eigenvalue weighted by molar-refractivity contribution is -0.140. The fourth-order valence-electron chi connectivity index (χ4n) is 4.95. The maximum atomic E-state index is 12.8. The fraction of sp³-hybridized carbons (Fsp3) is 0.364. The number of carbonyl (C=O) groups is 2. The molecule has 0 bridgehead atoms. The van der Waals surface area contributed by atoms with Crippen LogP contribution in [-0.2, 0) is 11.2 Å². The summed E-state index contributed by atoms with van der Waals surface area (Å²) in [4.78, 5) is 25.3. The van der Waals surface area contributed by atoms with E-state index in [1.54, 1.807) is 31.4 Å². The molecule has 1 amide bonds. The first kappa shape index (κ1) is 17.3. The number of nitrogens with one attached hydrogen (secondary N) is 1. The third-order valence-electron chi connectivity index (χ3n) is 6.33. The molecule has 1 saturated carbocycles. The average Bonchev–Trinajstić information content (AvgIpc) is 3.13. The summed E-state index contributed by atoms with van der Waals surface area (Å²) in [5.41, 5.74) is 1.12. The quantitative estimate of drug-likeness (QED) is 0.852. The Morgan fingerprint density at radius 3 is 2.79 bits per heavy atom. The minimum absolute atomic E-state index is 0.0195. The molecule has 4 unspecified atom stereocenters.